The van der Waals surface area contributed by atoms with Gasteiger partial charge in [-0.05, 0) is 36.2 Å². The second-order valence-corrected chi connectivity index (χ2v) is 9.08. The number of aliphatic hydroxyl groups excluding tert-OH is 1. The van der Waals surface area contributed by atoms with E-state index in [0.717, 1.165) is 4.47 Å². The number of likely N-dealkylation sites (tertiary alicyclic amines) is 1. The van der Waals surface area contributed by atoms with Gasteiger partial charge in [-0.3, -0.25) is 9.59 Å². The number of nitrogens with zero attached hydrogens (tertiary/aromatic N) is 3. The van der Waals surface area contributed by atoms with Crippen LogP contribution in [-0.2, 0) is 16.1 Å². The van der Waals surface area contributed by atoms with Crippen LogP contribution in [0.1, 0.15) is 23.6 Å². The van der Waals surface area contributed by atoms with E-state index in [9.17, 15) is 14.7 Å². The highest BCUT2D eigenvalue weighted by atomic mass is 79.9. The van der Waals surface area contributed by atoms with Gasteiger partial charge >= 0.3 is 0 Å². The molecule has 9 heteroatoms. The van der Waals surface area contributed by atoms with Crippen molar-refractivity contribution in [2.75, 3.05) is 6.54 Å². The summed E-state index contributed by atoms with van der Waals surface area (Å²) in [6.07, 6.45) is 5.78. The van der Waals surface area contributed by atoms with Crippen LogP contribution in [0.25, 0.3) is 5.76 Å². The number of aromatic nitrogens is 2. The van der Waals surface area contributed by atoms with E-state index in [1.807, 2.05) is 10.8 Å². The van der Waals surface area contributed by atoms with Gasteiger partial charge in [-0.1, -0.05) is 57.3 Å². The van der Waals surface area contributed by atoms with Gasteiger partial charge in [0.15, 0.2) is 0 Å². The number of halogens is 3. The van der Waals surface area contributed by atoms with Crippen molar-refractivity contribution in [3.05, 3.63) is 92.4 Å². The average Bonchev–Trinajstić information content (AvgIpc) is 3.36. The van der Waals surface area contributed by atoms with Crippen LogP contribution in [0.3, 0.4) is 0 Å². The van der Waals surface area contributed by atoms with Crippen molar-refractivity contribution in [1.29, 1.82) is 0 Å². The van der Waals surface area contributed by atoms with Crippen LogP contribution in [0.5, 0.6) is 0 Å². The van der Waals surface area contributed by atoms with Crippen molar-refractivity contribution in [1.82, 2.24) is 14.5 Å². The van der Waals surface area contributed by atoms with E-state index in [1.165, 1.54) is 4.90 Å². The van der Waals surface area contributed by atoms with Gasteiger partial charge in [-0.2, -0.15) is 0 Å². The molecule has 2 aromatic carbocycles. The van der Waals surface area contributed by atoms with Crippen molar-refractivity contribution in [2.45, 2.75) is 19.0 Å². The molecule has 1 unspecified atom stereocenters. The molecule has 1 aliphatic heterocycles. The molecule has 1 fully saturated rings. The number of Topliss-reactive ketones (excluding diaryl/α,β-unsaturated/α-hetero) is 1. The standard InChI is InChI=1S/C23H18BrCl2N3O3/c24-15-4-2-14(3-5-15)21(30)19-20(17-7-6-16(25)12-18(17)26)29(23(32)22(19)31)10-1-9-28-11-8-27-13-28/h2-8,11-13,20,30H,1,9-10H2. The zero-order valence-electron chi connectivity index (χ0n) is 16.7. The molecule has 0 aliphatic carbocycles. The summed E-state index contributed by atoms with van der Waals surface area (Å²) in [6.45, 7) is 0.917. The van der Waals surface area contributed by atoms with Crippen LogP contribution in [0.15, 0.2) is 71.2 Å². The lowest BCUT2D eigenvalue weighted by molar-refractivity contribution is -0.139. The molecule has 0 bridgehead atoms. The van der Waals surface area contributed by atoms with Crippen LogP contribution in [0, 0.1) is 0 Å². The molecule has 1 aromatic heterocycles. The molecular formula is C23H18BrCl2N3O3. The molecule has 1 atom stereocenters. The number of carbonyl (C=O) groups excluding carboxylic acids is 2. The zero-order chi connectivity index (χ0) is 22.8. The van der Waals surface area contributed by atoms with E-state index in [1.54, 1.807) is 55.0 Å². The predicted octanol–water partition coefficient (Wildman–Crippen LogP) is 5.46. The quantitative estimate of drug-likeness (QED) is 0.259. The number of amides is 1. The fourth-order valence-electron chi connectivity index (χ4n) is 3.76. The Morgan fingerprint density at radius 2 is 1.84 bits per heavy atom. The molecule has 32 heavy (non-hydrogen) atoms. The molecule has 0 saturated carbocycles. The first-order chi connectivity index (χ1) is 15.4. The van der Waals surface area contributed by atoms with E-state index in [4.69, 9.17) is 23.2 Å². The number of ketones is 1. The molecule has 1 aliphatic rings. The molecule has 6 nitrogen and oxygen atoms in total. The van der Waals surface area contributed by atoms with Gasteiger partial charge in [0.2, 0.25) is 0 Å². The minimum Gasteiger partial charge on any atom is -0.507 e. The minimum atomic E-state index is -0.828. The first-order valence-electron chi connectivity index (χ1n) is 9.82. The Kier molecular flexibility index (Phi) is 6.69. The third-order valence-corrected chi connectivity index (χ3v) is 6.38. The molecule has 0 spiro atoms. The summed E-state index contributed by atoms with van der Waals surface area (Å²) < 4.78 is 2.72. The molecular weight excluding hydrogens is 517 g/mol. The molecule has 3 aromatic rings. The first-order valence-corrected chi connectivity index (χ1v) is 11.4. The lowest BCUT2D eigenvalue weighted by Gasteiger charge is -2.26. The topological polar surface area (TPSA) is 75.4 Å². The van der Waals surface area contributed by atoms with Crippen LogP contribution in [-0.4, -0.2) is 37.8 Å². The lowest BCUT2D eigenvalue weighted by Crippen LogP contribution is -2.31. The normalized spacial score (nSPS) is 17.8. The highest BCUT2D eigenvalue weighted by Gasteiger charge is 2.46. The summed E-state index contributed by atoms with van der Waals surface area (Å²) in [5, 5.41) is 11.8. The summed E-state index contributed by atoms with van der Waals surface area (Å²) in [5.74, 6) is -1.67. The van der Waals surface area contributed by atoms with Crippen molar-refractivity contribution < 1.29 is 14.7 Å². The Morgan fingerprint density at radius 3 is 2.50 bits per heavy atom. The Labute approximate surface area is 203 Å². The van der Waals surface area contributed by atoms with Gasteiger partial charge in [-0.25, -0.2) is 4.98 Å². The molecule has 1 N–H and O–H groups in total. The Balaban J connectivity index is 1.76. The van der Waals surface area contributed by atoms with Gasteiger partial charge in [0.1, 0.15) is 5.76 Å². The van der Waals surface area contributed by atoms with Gasteiger partial charge in [0.05, 0.1) is 17.9 Å². The van der Waals surface area contributed by atoms with E-state index in [-0.39, 0.29) is 11.3 Å². The molecule has 1 saturated heterocycles. The van der Waals surface area contributed by atoms with Crippen LogP contribution >= 0.6 is 39.1 Å². The summed E-state index contributed by atoms with van der Waals surface area (Å²) in [7, 11) is 0. The van der Waals surface area contributed by atoms with Crippen molar-refractivity contribution >= 4 is 56.6 Å². The number of benzene rings is 2. The number of aliphatic hydroxyl groups is 1. The summed E-state index contributed by atoms with van der Waals surface area (Å²) in [5.41, 5.74) is 0.959. The summed E-state index contributed by atoms with van der Waals surface area (Å²) in [4.78, 5) is 31.5. The monoisotopic (exact) mass is 533 g/mol. The number of aryl methyl sites for hydroxylation is 1. The zero-order valence-corrected chi connectivity index (χ0v) is 19.8. The van der Waals surface area contributed by atoms with Gasteiger partial charge in [0, 0.05) is 45.6 Å². The van der Waals surface area contributed by atoms with Crippen LogP contribution in [0.2, 0.25) is 10.0 Å². The highest BCUT2D eigenvalue weighted by molar-refractivity contribution is 9.10. The van der Waals surface area contributed by atoms with Gasteiger partial charge in [0.25, 0.3) is 11.7 Å². The Bertz CT molecular complexity index is 1190. The molecule has 164 valence electrons. The molecule has 4 rings (SSSR count). The van der Waals surface area contributed by atoms with Crippen LogP contribution in [0.4, 0.5) is 0 Å². The van der Waals surface area contributed by atoms with Gasteiger partial charge < -0.3 is 14.6 Å². The fraction of sp³-hybridized carbons (Fsp3) is 0.174. The molecule has 2 heterocycles. The van der Waals surface area contributed by atoms with Gasteiger partial charge in [-0.15, -0.1) is 0 Å². The maximum Gasteiger partial charge on any atom is 0.295 e. The third kappa shape index (κ3) is 4.46. The van der Waals surface area contributed by atoms with Crippen molar-refractivity contribution in [2.24, 2.45) is 0 Å². The third-order valence-electron chi connectivity index (χ3n) is 5.29. The number of carbonyl (C=O) groups is 2. The average molecular weight is 535 g/mol. The first kappa shape index (κ1) is 22.6. The predicted molar refractivity (Wildman–Crippen MR) is 126 cm³/mol. The molecule has 1 amide bonds. The van der Waals surface area contributed by atoms with Crippen molar-refractivity contribution in [3.8, 4) is 0 Å². The number of hydrogen-bond donors (Lipinski definition) is 1. The second-order valence-electron chi connectivity index (χ2n) is 7.32. The van der Waals surface area contributed by atoms with Crippen molar-refractivity contribution in [3.63, 3.8) is 0 Å². The smallest absolute Gasteiger partial charge is 0.295 e. The van der Waals surface area contributed by atoms with E-state index < -0.39 is 17.7 Å². The van der Waals surface area contributed by atoms with E-state index in [2.05, 4.69) is 20.9 Å². The summed E-state index contributed by atoms with van der Waals surface area (Å²) in [6, 6.07) is 10.9. The SMILES string of the molecule is O=C1C(=O)N(CCCn2ccnc2)C(c2ccc(Cl)cc2Cl)C1=C(O)c1ccc(Br)cc1. The Hall–Kier alpha value is -2.61. The maximum atomic E-state index is 13.0. The highest BCUT2D eigenvalue weighted by Crippen LogP contribution is 2.42. The number of imidazole rings is 1. The number of hydrogen-bond acceptors (Lipinski definition) is 4. The fourth-order valence-corrected chi connectivity index (χ4v) is 4.54. The van der Waals surface area contributed by atoms with Crippen LogP contribution < -0.4 is 0 Å². The second kappa shape index (κ2) is 9.48. The summed E-state index contributed by atoms with van der Waals surface area (Å²) >= 11 is 15.9. The maximum absolute atomic E-state index is 13.0. The molecule has 0 radical (unpaired) electrons. The largest absolute Gasteiger partial charge is 0.507 e. The number of rotatable bonds is 6. The Morgan fingerprint density at radius 1 is 1.09 bits per heavy atom. The van der Waals surface area contributed by atoms with E-state index in [0.29, 0.717) is 40.7 Å². The van der Waals surface area contributed by atoms with E-state index >= 15 is 0 Å². The minimum absolute atomic E-state index is 0.00387. The lowest BCUT2D eigenvalue weighted by atomic mass is 9.95.